The highest BCUT2D eigenvalue weighted by Gasteiger charge is 2.19. The van der Waals surface area contributed by atoms with Crippen molar-refractivity contribution in [1.29, 1.82) is 0 Å². The number of morpholine rings is 1. The molecular formula is C14H22N4O2. The Balaban J connectivity index is 1.95. The molecule has 1 aliphatic heterocycles. The number of anilines is 1. The van der Waals surface area contributed by atoms with Crippen LogP contribution in [0.5, 0.6) is 0 Å². The van der Waals surface area contributed by atoms with Crippen molar-refractivity contribution in [2.24, 2.45) is 0 Å². The van der Waals surface area contributed by atoms with Gasteiger partial charge in [0.25, 0.3) is 5.91 Å². The Morgan fingerprint density at radius 2 is 2.20 bits per heavy atom. The quantitative estimate of drug-likeness (QED) is 0.851. The summed E-state index contributed by atoms with van der Waals surface area (Å²) in [6.45, 7) is 4.26. The van der Waals surface area contributed by atoms with E-state index in [1.54, 1.807) is 11.1 Å². The van der Waals surface area contributed by atoms with E-state index in [1.165, 1.54) is 0 Å². The van der Waals surface area contributed by atoms with E-state index in [1.807, 2.05) is 26.2 Å². The molecule has 0 bridgehead atoms. The van der Waals surface area contributed by atoms with Crippen molar-refractivity contribution in [3.05, 3.63) is 24.0 Å². The number of rotatable bonds is 5. The van der Waals surface area contributed by atoms with Gasteiger partial charge < -0.3 is 19.9 Å². The van der Waals surface area contributed by atoms with E-state index in [2.05, 4.69) is 15.2 Å². The molecule has 20 heavy (non-hydrogen) atoms. The standard InChI is InChI=1S/C14H22N4O2/c1-17(2)6-5-15-12-3-4-16-13(11-12)14(19)18-7-9-20-10-8-18/h3-4,11H,5-10H2,1-2H3,(H,15,16). The Labute approximate surface area is 119 Å². The molecule has 110 valence electrons. The summed E-state index contributed by atoms with van der Waals surface area (Å²) in [7, 11) is 4.06. The minimum absolute atomic E-state index is 0.0236. The van der Waals surface area contributed by atoms with Crippen LogP contribution in [0.3, 0.4) is 0 Å². The van der Waals surface area contributed by atoms with Gasteiger partial charge in [-0.05, 0) is 26.2 Å². The maximum absolute atomic E-state index is 12.3. The minimum Gasteiger partial charge on any atom is -0.384 e. The summed E-state index contributed by atoms with van der Waals surface area (Å²) in [6, 6.07) is 3.69. The fraction of sp³-hybridized carbons (Fsp3) is 0.571. The molecule has 1 saturated heterocycles. The van der Waals surface area contributed by atoms with E-state index in [9.17, 15) is 4.79 Å². The van der Waals surface area contributed by atoms with Crippen LogP contribution >= 0.6 is 0 Å². The van der Waals surface area contributed by atoms with Crippen molar-refractivity contribution in [3.8, 4) is 0 Å². The van der Waals surface area contributed by atoms with Crippen molar-refractivity contribution >= 4 is 11.6 Å². The van der Waals surface area contributed by atoms with Gasteiger partial charge in [0.05, 0.1) is 13.2 Å². The fourth-order valence-electron chi connectivity index (χ4n) is 2.01. The molecule has 1 aliphatic rings. The van der Waals surface area contributed by atoms with Gasteiger partial charge in [-0.3, -0.25) is 9.78 Å². The molecule has 0 spiro atoms. The summed E-state index contributed by atoms with van der Waals surface area (Å²) < 4.78 is 5.25. The third-order valence-corrected chi connectivity index (χ3v) is 3.17. The van der Waals surface area contributed by atoms with Gasteiger partial charge >= 0.3 is 0 Å². The molecule has 0 saturated carbocycles. The number of nitrogens with zero attached hydrogens (tertiary/aromatic N) is 3. The molecule has 0 unspecified atom stereocenters. The second-order valence-electron chi connectivity index (χ2n) is 5.06. The number of carbonyl (C=O) groups is 1. The molecule has 1 amide bonds. The molecule has 0 radical (unpaired) electrons. The normalized spacial score (nSPS) is 15.4. The summed E-state index contributed by atoms with van der Waals surface area (Å²) in [4.78, 5) is 20.4. The van der Waals surface area contributed by atoms with Crippen LogP contribution in [0.1, 0.15) is 10.5 Å². The summed E-state index contributed by atoms with van der Waals surface area (Å²) in [6.07, 6.45) is 1.67. The lowest BCUT2D eigenvalue weighted by atomic mass is 10.2. The molecule has 6 heteroatoms. The maximum atomic E-state index is 12.3. The molecule has 1 fully saturated rings. The van der Waals surface area contributed by atoms with Crippen LogP contribution in [0.25, 0.3) is 0 Å². The number of hydrogen-bond donors (Lipinski definition) is 1. The minimum atomic E-state index is -0.0236. The first kappa shape index (κ1) is 14.7. The van der Waals surface area contributed by atoms with Crippen molar-refractivity contribution in [3.63, 3.8) is 0 Å². The molecule has 0 aromatic carbocycles. The molecule has 0 aliphatic carbocycles. The summed E-state index contributed by atoms with van der Waals surface area (Å²) >= 11 is 0. The van der Waals surface area contributed by atoms with Crippen LogP contribution in [0.4, 0.5) is 5.69 Å². The van der Waals surface area contributed by atoms with Crippen molar-refractivity contribution in [2.75, 3.05) is 58.8 Å². The predicted molar refractivity (Wildman–Crippen MR) is 78.0 cm³/mol. The van der Waals surface area contributed by atoms with Gasteiger partial charge in [0, 0.05) is 38.1 Å². The van der Waals surface area contributed by atoms with Gasteiger partial charge in [-0.2, -0.15) is 0 Å². The van der Waals surface area contributed by atoms with E-state index < -0.39 is 0 Å². The van der Waals surface area contributed by atoms with Gasteiger partial charge in [-0.1, -0.05) is 0 Å². The molecule has 1 aromatic rings. The number of nitrogens with one attached hydrogen (secondary N) is 1. The lowest BCUT2D eigenvalue weighted by Crippen LogP contribution is -2.41. The summed E-state index contributed by atoms with van der Waals surface area (Å²) in [5.41, 5.74) is 1.42. The van der Waals surface area contributed by atoms with Crippen molar-refractivity contribution in [1.82, 2.24) is 14.8 Å². The van der Waals surface area contributed by atoms with Gasteiger partial charge in [0.1, 0.15) is 5.69 Å². The molecule has 2 heterocycles. The topological polar surface area (TPSA) is 57.7 Å². The largest absolute Gasteiger partial charge is 0.384 e. The Bertz CT molecular complexity index is 445. The lowest BCUT2D eigenvalue weighted by Gasteiger charge is -2.26. The highest BCUT2D eigenvalue weighted by atomic mass is 16.5. The van der Waals surface area contributed by atoms with E-state index in [4.69, 9.17) is 4.74 Å². The molecule has 6 nitrogen and oxygen atoms in total. The van der Waals surface area contributed by atoms with Crippen LogP contribution in [0.15, 0.2) is 18.3 Å². The first-order chi connectivity index (χ1) is 9.66. The number of pyridine rings is 1. The summed E-state index contributed by atoms with van der Waals surface area (Å²) in [5.74, 6) is -0.0236. The molecule has 1 aromatic heterocycles. The number of ether oxygens (including phenoxy) is 1. The Morgan fingerprint density at radius 3 is 2.90 bits per heavy atom. The molecule has 1 N–H and O–H groups in total. The van der Waals surface area contributed by atoms with E-state index in [0.29, 0.717) is 32.0 Å². The second kappa shape index (κ2) is 7.21. The fourth-order valence-corrected chi connectivity index (χ4v) is 2.01. The van der Waals surface area contributed by atoms with Crippen LogP contribution in [0.2, 0.25) is 0 Å². The first-order valence-electron chi connectivity index (χ1n) is 6.88. The number of carbonyl (C=O) groups excluding carboxylic acids is 1. The third kappa shape index (κ3) is 4.18. The first-order valence-corrected chi connectivity index (χ1v) is 6.88. The number of aromatic nitrogens is 1. The van der Waals surface area contributed by atoms with Gasteiger partial charge in [0.15, 0.2) is 0 Å². The molecule has 2 rings (SSSR count). The molecular weight excluding hydrogens is 256 g/mol. The van der Waals surface area contributed by atoms with Gasteiger partial charge in [-0.15, -0.1) is 0 Å². The van der Waals surface area contributed by atoms with Crippen LogP contribution in [-0.2, 0) is 4.74 Å². The Hall–Kier alpha value is -1.66. The predicted octanol–water partition coefficient (Wildman–Crippen LogP) is 0.528. The Kier molecular flexibility index (Phi) is 5.31. The van der Waals surface area contributed by atoms with Gasteiger partial charge in [-0.25, -0.2) is 0 Å². The van der Waals surface area contributed by atoms with Crippen molar-refractivity contribution < 1.29 is 9.53 Å². The third-order valence-electron chi connectivity index (χ3n) is 3.17. The highest BCUT2D eigenvalue weighted by Crippen LogP contribution is 2.11. The zero-order valence-corrected chi connectivity index (χ0v) is 12.1. The SMILES string of the molecule is CN(C)CCNc1ccnc(C(=O)N2CCOCC2)c1. The Morgan fingerprint density at radius 1 is 1.45 bits per heavy atom. The highest BCUT2D eigenvalue weighted by molar-refractivity contribution is 5.93. The maximum Gasteiger partial charge on any atom is 0.272 e. The van der Waals surface area contributed by atoms with E-state index in [0.717, 1.165) is 18.8 Å². The lowest BCUT2D eigenvalue weighted by molar-refractivity contribution is 0.0299. The zero-order chi connectivity index (χ0) is 14.4. The smallest absolute Gasteiger partial charge is 0.272 e. The second-order valence-corrected chi connectivity index (χ2v) is 5.06. The van der Waals surface area contributed by atoms with Crippen LogP contribution in [-0.4, -0.2) is 74.2 Å². The number of likely N-dealkylation sites (N-methyl/N-ethyl adjacent to an activating group) is 1. The monoisotopic (exact) mass is 278 g/mol. The molecule has 0 atom stereocenters. The van der Waals surface area contributed by atoms with E-state index in [-0.39, 0.29) is 5.91 Å². The number of hydrogen-bond acceptors (Lipinski definition) is 5. The number of amides is 1. The summed E-state index contributed by atoms with van der Waals surface area (Å²) in [5, 5.41) is 3.30. The van der Waals surface area contributed by atoms with Crippen LogP contribution in [0, 0.1) is 0 Å². The van der Waals surface area contributed by atoms with Gasteiger partial charge in [0.2, 0.25) is 0 Å². The van der Waals surface area contributed by atoms with Crippen molar-refractivity contribution in [2.45, 2.75) is 0 Å². The average molecular weight is 278 g/mol. The van der Waals surface area contributed by atoms with E-state index >= 15 is 0 Å². The average Bonchev–Trinajstić information content (AvgIpc) is 2.47. The van der Waals surface area contributed by atoms with Crippen LogP contribution < -0.4 is 5.32 Å². The zero-order valence-electron chi connectivity index (χ0n) is 12.1.